The molecule has 0 saturated carbocycles. The molecule has 0 spiro atoms. The van der Waals surface area contributed by atoms with Gasteiger partial charge in [0, 0.05) is 18.1 Å². The highest BCUT2D eigenvalue weighted by Gasteiger charge is 2.22. The third-order valence-electron chi connectivity index (χ3n) is 4.00. The number of benzene rings is 2. The van der Waals surface area contributed by atoms with Crippen molar-refractivity contribution in [2.75, 3.05) is 27.2 Å². The van der Waals surface area contributed by atoms with Crippen LogP contribution in [0.3, 0.4) is 0 Å². The summed E-state index contributed by atoms with van der Waals surface area (Å²) in [6.45, 7) is 1.26. The number of fused-ring (bicyclic) bond motifs is 1. The van der Waals surface area contributed by atoms with Gasteiger partial charge in [0.25, 0.3) is 10.0 Å². The number of ether oxygens (including phenoxy) is 1. The lowest BCUT2D eigenvalue weighted by Crippen LogP contribution is -2.19. The van der Waals surface area contributed by atoms with Gasteiger partial charge in [0.15, 0.2) is 0 Å². The Labute approximate surface area is 152 Å². The van der Waals surface area contributed by atoms with Crippen molar-refractivity contribution in [3.63, 3.8) is 0 Å². The van der Waals surface area contributed by atoms with Gasteiger partial charge in [-0.05, 0) is 44.4 Å². The quantitative estimate of drug-likeness (QED) is 0.668. The first-order valence-corrected chi connectivity index (χ1v) is 9.51. The fourth-order valence-corrected chi connectivity index (χ4v) is 4.17. The van der Waals surface area contributed by atoms with Gasteiger partial charge in [-0.3, -0.25) is 0 Å². The zero-order valence-corrected chi connectivity index (χ0v) is 15.4. The van der Waals surface area contributed by atoms with Crippen LogP contribution in [0.1, 0.15) is 5.56 Å². The number of rotatable bonds is 6. The topological polar surface area (TPSA) is 75.3 Å². The van der Waals surface area contributed by atoms with E-state index in [1.165, 1.54) is 22.3 Å². The number of hydrogen-bond acceptors (Lipinski definition) is 5. The smallest absolute Gasteiger partial charge is 0.269 e. The van der Waals surface area contributed by atoms with E-state index in [4.69, 9.17) is 4.74 Å². The second-order valence-electron chi connectivity index (χ2n) is 6.07. The summed E-state index contributed by atoms with van der Waals surface area (Å²) in [5.41, 5.74) is 0.632. The Morgan fingerprint density at radius 1 is 1.12 bits per heavy atom. The fraction of sp³-hybridized carbons (Fsp3) is 0.211. The van der Waals surface area contributed by atoms with E-state index in [0.29, 0.717) is 23.3 Å². The molecule has 0 saturated heterocycles. The molecule has 0 aliphatic heterocycles. The van der Waals surface area contributed by atoms with Crippen LogP contribution in [0.4, 0.5) is 0 Å². The van der Waals surface area contributed by atoms with Crippen molar-refractivity contribution < 1.29 is 13.2 Å². The number of likely N-dealkylation sites (N-methyl/N-ethyl adjacent to an activating group) is 1. The first-order chi connectivity index (χ1) is 12.4. The molecule has 0 bridgehead atoms. The van der Waals surface area contributed by atoms with Crippen molar-refractivity contribution in [2.45, 2.75) is 4.90 Å². The molecular weight excluding hydrogens is 350 g/mol. The Morgan fingerprint density at radius 2 is 1.88 bits per heavy atom. The molecule has 0 fully saturated rings. The second-order valence-corrected chi connectivity index (χ2v) is 7.85. The maximum Gasteiger partial charge on any atom is 0.269 e. The standard InChI is InChI=1S/C19H19N3O3S/c1-21(2)12-13-25-18-8-5-7-17-16(18)10-11-22(17)26(23,24)19-9-4-3-6-15(19)14-20/h3-11H,12-13H2,1-2H3. The van der Waals surface area contributed by atoms with E-state index in [9.17, 15) is 13.7 Å². The first-order valence-electron chi connectivity index (χ1n) is 8.07. The summed E-state index contributed by atoms with van der Waals surface area (Å²) in [5, 5.41) is 9.94. The molecular formula is C19H19N3O3S. The predicted octanol–water partition coefficient (Wildman–Crippen LogP) is 2.69. The van der Waals surface area contributed by atoms with Crippen molar-refractivity contribution in [3.8, 4) is 11.8 Å². The van der Waals surface area contributed by atoms with Crippen molar-refractivity contribution in [3.05, 3.63) is 60.3 Å². The van der Waals surface area contributed by atoms with Crippen LogP contribution in [0, 0.1) is 11.3 Å². The SMILES string of the molecule is CN(C)CCOc1cccc2c1ccn2S(=O)(=O)c1ccccc1C#N. The van der Waals surface area contributed by atoms with Crippen molar-refractivity contribution in [1.29, 1.82) is 5.26 Å². The number of aromatic nitrogens is 1. The normalized spacial score (nSPS) is 11.6. The lowest BCUT2D eigenvalue weighted by molar-refractivity contribution is 0.263. The average Bonchev–Trinajstić information content (AvgIpc) is 3.07. The second kappa shape index (κ2) is 7.20. The van der Waals surface area contributed by atoms with Gasteiger partial charge in [-0.25, -0.2) is 12.4 Å². The van der Waals surface area contributed by atoms with Crippen LogP contribution >= 0.6 is 0 Å². The summed E-state index contributed by atoms with van der Waals surface area (Å²) >= 11 is 0. The van der Waals surface area contributed by atoms with Gasteiger partial charge in [-0.2, -0.15) is 5.26 Å². The molecule has 7 heteroatoms. The van der Waals surface area contributed by atoms with Gasteiger partial charge in [-0.1, -0.05) is 18.2 Å². The highest BCUT2D eigenvalue weighted by molar-refractivity contribution is 7.90. The Morgan fingerprint density at radius 3 is 2.62 bits per heavy atom. The Hall–Kier alpha value is -2.82. The van der Waals surface area contributed by atoms with Gasteiger partial charge in [0.05, 0.1) is 11.1 Å². The first kappa shape index (κ1) is 18.0. The molecule has 0 radical (unpaired) electrons. The average molecular weight is 369 g/mol. The Kier molecular flexibility index (Phi) is 4.98. The maximum atomic E-state index is 13.1. The zero-order valence-electron chi connectivity index (χ0n) is 14.6. The van der Waals surface area contributed by atoms with E-state index in [-0.39, 0.29) is 10.5 Å². The van der Waals surface area contributed by atoms with Gasteiger partial charge in [0.2, 0.25) is 0 Å². The van der Waals surface area contributed by atoms with Crippen LogP contribution in [-0.4, -0.2) is 44.5 Å². The predicted molar refractivity (Wildman–Crippen MR) is 99.7 cm³/mol. The zero-order chi connectivity index (χ0) is 18.7. The van der Waals surface area contributed by atoms with E-state index < -0.39 is 10.0 Å². The summed E-state index contributed by atoms with van der Waals surface area (Å²) in [6.07, 6.45) is 1.49. The lowest BCUT2D eigenvalue weighted by Gasteiger charge is -2.12. The summed E-state index contributed by atoms with van der Waals surface area (Å²) in [6, 6.07) is 15.1. The highest BCUT2D eigenvalue weighted by atomic mass is 32.2. The van der Waals surface area contributed by atoms with Crippen LogP contribution in [0.25, 0.3) is 10.9 Å². The Balaban J connectivity index is 2.05. The highest BCUT2D eigenvalue weighted by Crippen LogP contribution is 2.30. The largest absolute Gasteiger partial charge is 0.492 e. The third kappa shape index (κ3) is 3.29. The third-order valence-corrected chi connectivity index (χ3v) is 5.75. The molecule has 26 heavy (non-hydrogen) atoms. The molecule has 6 nitrogen and oxygen atoms in total. The van der Waals surface area contributed by atoms with Gasteiger partial charge < -0.3 is 9.64 Å². The molecule has 0 amide bonds. The van der Waals surface area contributed by atoms with Crippen LogP contribution in [0.2, 0.25) is 0 Å². The van der Waals surface area contributed by atoms with E-state index in [1.807, 2.05) is 31.1 Å². The van der Waals surface area contributed by atoms with Crippen LogP contribution < -0.4 is 4.74 Å². The van der Waals surface area contributed by atoms with Crippen molar-refractivity contribution >= 4 is 20.9 Å². The van der Waals surface area contributed by atoms with Gasteiger partial charge in [0.1, 0.15) is 23.3 Å². The summed E-state index contributed by atoms with van der Waals surface area (Å²) in [5.74, 6) is 0.631. The molecule has 1 aromatic heterocycles. The summed E-state index contributed by atoms with van der Waals surface area (Å²) < 4.78 is 33.1. The molecule has 3 aromatic rings. The molecule has 0 N–H and O–H groups in total. The number of nitrogens with zero attached hydrogens (tertiary/aromatic N) is 3. The molecule has 1 heterocycles. The minimum absolute atomic E-state index is 0.0149. The van der Waals surface area contributed by atoms with E-state index >= 15 is 0 Å². The molecule has 134 valence electrons. The lowest BCUT2D eigenvalue weighted by atomic mass is 10.2. The van der Waals surface area contributed by atoms with Crippen LogP contribution in [0.15, 0.2) is 59.6 Å². The van der Waals surface area contributed by atoms with Crippen LogP contribution in [-0.2, 0) is 10.0 Å². The number of hydrogen-bond donors (Lipinski definition) is 0. The maximum absolute atomic E-state index is 13.1. The van der Waals surface area contributed by atoms with E-state index in [0.717, 1.165) is 6.54 Å². The van der Waals surface area contributed by atoms with Gasteiger partial charge >= 0.3 is 0 Å². The van der Waals surface area contributed by atoms with Crippen LogP contribution in [0.5, 0.6) is 5.75 Å². The molecule has 0 aliphatic carbocycles. The van der Waals surface area contributed by atoms with Crippen molar-refractivity contribution in [2.24, 2.45) is 0 Å². The molecule has 0 atom stereocenters. The monoisotopic (exact) mass is 369 g/mol. The minimum atomic E-state index is -3.89. The minimum Gasteiger partial charge on any atom is -0.492 e. The number of nitriles is 1. The fourth-order valence-electron chi connectivity index (χ4n) is 2.68. The van der Waals surface area contributed by atoms with E-state index in [2.05, 4.69) is 0 Å². The van der Waals surface area contributed by atoms with Gasteiger partial charge in [-0.15, -0.1) is 0 Å². The summed E-state index contributed by atoms with van der Waals surface area (Å²) in [7, 11) is 0.0306. The molecule has 0 unspecified atom stereocenters. The molecule has 2 aromatic carbocycles. The van der Waals surface area contributed by atoms with Crippen molar-refractivity contribution in [1.82, 2.24) is 8.87 Å². The van der Waals surface area contributed by atoms with E-state index in [1.54, 1.807) is 30.3 Å². The molecule has 0 aliphatic rings. The summed E-state index contributed by atoms with van der Waals surface area (Å²) in [4.78, 5) is 1.99. The molecule has 3 rings (SSSR count). The Bertz CT molecular complexity index is 1080.